The number of carbonyl (C=O) groups is 1. The van der Waals surface area contributed by atoms with Crippen LogP contribution in [0, 0.1) is 0 Å². The molecule has 0 N–H and O–H groups in total. The molecule has 0 spiro atoms. The molecule has 0 atom stereocenters. The second kappa shape index (κ2) is 6.28. The summed E-state index contributed by atoms with van der Waals surface area (Å²) in [6, 6.07) is 12.7. The Morgan fingerprint density at radius 1 is 1.00 bits per heavy atom. The van der Waals surface area contributed by atoms with E-state index in [1.807, 2.05) is 28.8 Å². The van der Waals surface area contributed by atoms with Crippen LogP contribution in [0.1, 0.15) is 16.2 Å². The fourth-order valence-corrected chi connectivity index (χ4v) is 3.48. The number of nitrogens with zero attached hydrogens (tertiary/aromatic N) is 4. The normalized spacial score (nSPS) is 14.9. The van der Waals surface area contributed by atoms with Gasteiger partial charge in [0.25, 0.3) is 5.91 Å². The highest BCUT2D eigenvalue weighted by molar-refractivity contribution is 6.30. The smallest absolute Gasteiger partial charge is 0.254 e. The third-order valence-electron chi connectivity index (χ3n) is 4.76. The summed E-state index contributed by atoms with van der Waals surface area (Å²) in [5, 5.41) is 9.27. The molecule has 3 aromatic rings. The summed E-state index contributed by atoms with van der Waals surface area (Å²) in [5.74, 6) is 2.76. The van der Waals surface area contributed by atoms with Gasteiger partial charge in [-0.1, -0.05) is 11.6 Å². The number of hydrogen-bond donors (Lipinski definition) is 0. The zero-order chi connectivity index (χ0) is 18.4. The minimum absolute atomic E-state index is 0.0596. The third kappa shape index (κ3) is 2.80. The molecule has 7 nitrogen and oxygen atoms in total. The van der Waals surface area contributed by atoms with Crippen molar-refractivity contribution in [1.82, 2.24) is 19.7 Å². The largest absolute Gasteiger partial charge is 0.454 e. The Morgan fingerprint density at radius 3 is 2.67 bits per heavy atom. The van der Waals surface area contributed by atoms with Gasteiger partial charge in [-0.25, -0.2) is 0 Å². The lowest BCUT2D eigenvalue weighted by Crippen LogP contribution is -2.38. The SMILES string of the molecule is O=C(c1ccc2c(c1)OCO2)N1CCn2c(nnc2-c2ccc(Cl)cc2)C1. The molecular weight excluding hydrogens is 368 g/mol. The summed E-state index contributed by atoms with van der Waals surface area (Å²) in [7, 11) is 0. The predicted octanol–water partition coefficient (Wildman–Crippen LogP) is 2.98. The highest BCUT2D eigenvalue weighted by Crippen LogP contribution is 2.33. The van der Waals surface area contributed by atoms with E-state index in [1.165, 1.54) is 0 Å². The Hall–Kier alpha value is -3.06. The Balaban J connectivity index is 1.38. The Kier molecular flexibility index (Phi) is 3.75. The first-order valence-corrected chi connectivity index (χ1v) is 8.94. The van der Waals surface area contributed by atoms with Crippen molar-refractivity contribution in [2.24, 2.45) is 0 Å². The average Bonchev–Trinajstić information content (AvgIpc) is 3.33. The lowest BCUT2D eigenvalue weighted by atomic mass is 10.1. The van der Waals surface area contributed by atoms with E-state index in [0.717, 1.165) is 17.2 Å². The second-order valence-electron chi connectivity index (χ2n) is 6.39. The van der Waals surface area contributed by atoms with Crippen LogP contribution in [0.5, 0.6) is 11.5 Å². The summed E-state index contributed by atoms with van der Waals surface area (Å²) < 4.78 is 12.7. The van der Waals surface area contributed by atoms with E-state index in [9.17, 15) is 4.79 Å². The van der Waals surface area contributed by atoms with E-state index in [1.54, 1.807) is 23.1 Å². The van der Waals surface area contributed by atoms with E-state index < -0.39 is 0 Å². The number of benzene rings is 2. The molecule has 0 aliphatic carbocycles. The number of amides is 1. The highest BCUT2D eigenvalue weighted by atomic mass is 35.5. The minimum atomic E-state index is -0.0596. The Morgan fingerprint density at radius 2 is 1.81 bits per heavy atom. The number of halogens is 1. The van der Waals surface area contributed by atoms with Gasteiger partial charge in [-0.3, -0.25) is 4.79 Å². The number of ether oxygens (including phenoxy) is 2. The maximum atomic E-state index is 12.9. The summed E-state index contributed by atoms with van der Waals surface area (Å²) in [4.78, 5) is 14.7. The molecule has 27 heavy (non-hydrogen) atoms. The summed E-state index contributed by atoms with van der Waals surface area (Å²) in [6.45, 7) is 1.82. The van der Waals surface area contributed by atoms with Crippen LogP contribution in [-0.4, -0.2) is 38.9 Å². The van der Waals surface area contributed by atoms with Crippen LogP contribution >= 0.6 is 11.6 Å². The molecule has 3 heterocycles. The molecule has 0 saturated carbocycles. The standard InChI is InChI=1S/C19H15ClN4O3/c20-14-4-1-12(2-5-14)18-22-21-17-10-23(7-8-24(17)18)19(25)13-3-6-15-16(9-13)27-11-26-15/h1-6,9H,7-8,10-11H2. The van der Waals surface area contributed by atoms with Crippen molar-refractivity contribution in [3.05, 3.63) is 58.9 Å². The van der Waals surface area contributed by atoms with Gasteiger partial charge in [-0.05, 0) is 42.5 Å². The molecule has 1 aromatic heterocycles. The topological polar surface area (TPSA) is 69.5 Å². The van der Waals surface area contributed by atoms with Gasteiger partial charge >= 0.3 is 0 Å². The molecule has 0 unspecified atom stereocenters. The van der Waals surface area contributed by atoms with Gasteiger partial charge in [0.15, 0.2) is 23.1 Å². The van der Waals surface area contributed by atoms with Gasteiger partial charge < -0.3 is 18.9 Å². The van der Waals surface area contributed by atoms with Crippen molar-refractivity contribution < 1.29 is 14.3 Å². The number of carbonyl (C=O) groups excluding carboxylic acids is 1. The third-order valence-corrected chi connectivity index (χ3v) is 5.01. The van der Waals surface area contributed by atoms with Crippen LogP contribution in [0.3, 0.4) is 0 Å². The molecule has 2 aliphatic rings. The van der Waals surface area contributed by atoms with E-state index in [-0.39, 0.29) is 12.7 Å². The molecule has 1 amide bonds. The number of rotatable bonds is 2. The molecule has 0 bridgehead atoms. The maximum Gasteiger partial charge on any atom is 0.254 e. The summed E-state index contributed by atoms with van der Waals surface area (Å²) in [5.41, 5.74) is 1.53. The average molecular weight is 383 g/mol. The molecule has 0 radical (unpaired) electrons. The van der Waals surface area contributed by atoms with Crippen LogP contribution in [0.2, 0.25) is 5.02 Å². The van der Waals surface area contributed by atoms with Crippen molar-refractivity contribution in [2.45, 2.75) is 13.1 Å². The van der Waals surface area contributed by atoms with Crippen molar-refractivity contribution in [3.8, 4) is 22.9 Å². The molecule has 8 heteroatoms. The second-order valence-corrected chi connectivity index (χ2v) is 6.83. The maximum absolute atomic E-state index is 12.9. The zero-order valence-corrected chi connectivity index (χ0v) is 15.0. The van der Waals surface area contributed by atoms with E-state index >= 15 is 0 Å². The first-order chi connectivity index (χ1) is 13.2. The van der Waals surface area contributed by atoms with Gasteiger partial charge in [0, 0.05) is 29.2 Å². The molecule has 5 rings (SSSR count). The van der Waals surface area contributed by atoms with Crippen LogP contribution in [0.15, 0.2) is 42.5 Å². The first kappa shape index (κ1) is 16.1. The van der Waals surface area contributed by atoms with Crippen LogP contribution in [-0.2, 0) is 13.1 Å². The van der Waals surface area contributed by atoms with E-state index in [4.69, 9.17) is 21.1 Å². The summed E-state index contributed by atoms with van der Waals surface area (Å²) in [6.07, 6.45) is 0. The van der Waals surface area contributed by atoms with Gasteiger partial charge in [0.05, 0.1) is 6.54 Å². The zero-order valence-electron chi connectivity index (χ0n) is 14.3. The number of aromatic nitrogens is 3. The fourth-order valence-electron chi connectivity index (χ4n) is 3.36. The van der Waals surface area contributed by atoms with Crippen LogP contribution in [0.4, 0.5) is 0 Å². The minimum Gasteiger partial charge on any atom is -0.454 e. The van der Waals surface area contributed by atoms with Crippen LogP contribution < -0.4 is 9.47 Å². The molecular formula is C19H15ClN4O3. The number of fused-ring (bicyclic) bond motifs is 2. The van der Waals surface area contributed by atoms with Crippen molar-refractivity contribution in [2.75, 3.05) is 13.3 Å². The van der Waals surface area contributed by atoms with E-state index in [0.29, 0.717) is 41.7 Å². The predicted molar refractivity (Wildman–Crippen MR) is 97.8 cm³/mol. The Bertz CT molecular complexity index is 1030. The van der Waals surface area contributed by atoms with Gasteiger partial charge in [-0.15, -0.1) is 10.2 Å². The molecule has 2 aliphatic heterocycles. The summed E-state index contributed by atoms with van der Waals surface area (Å²) >= 11 is 5.96. The Labute approximate surface area is 160 Å². The van der Waals surface area contributed by atoms with Crippen molar-refractivity contribution in [1.29, 1.82) is 0 Å². The van der Waals surface area contributed by atoms with Gasteiger partial charge in [0.1, 0.15) is 0 Å². The van der Waals surface area contributed by atoms with Gasteiger partial charge in [0.2, 0.25) is 6.79 Å². The quantitative estimate of drug-likeness (QED) is 0.681. The lowest BCUT2D eigenvalue weighted by molar-refractivity contribution is 0.0707. The van der Waals surface area contributed by atoms with Crippen molar-refractivity contribution >= 4 is 17.5 Å². The van der Waals surface area contributed by atoms with Gasteiger partial charge in [-0.2, -0.15) is 0 Å². The highest BCUT2D eigenvalue weighted by Gasteiger charge is 2.27. The van der Waals surface area contributed by atoms with E-state index in [2.05, 4.69) is 10.2 Å². The molecule has 0 fully saturated rings. The lowest BCUT2D eigenvalue weighted by Gasteiger charge is -2.28. The van der Waals surface area contributed by atoms with Crippen LogP contribution in [0.25, 0.3) is 11.4 Å². The van der Waals surface area contributed by atoms with Crippen molar-refractivity contribution in [3.63, 3.8) is 0 Å². The molecule has 136 valence electrons. The monoisotopic (exact) mass is 382 g/mol. The first-order valence-electron chi connectivity index (χ1n) is 8.56. The molecule has 0 saturated heterocycles. The molecule has 2 aromatic carbocycles. The number of hydrogen-bond acceptors (Lipinski definition) is 5. The fraction of sp³-hybridized carbons (Fsp3) is 0.211.